The van der Waals surface area contributed by atoms with E-state index in [0.717, 1.165) is 18.4 Å². The highest BCUT2D eigenvalue weighted by Crippen LogP contribution is 2.28. The van der Waals surface area contributed by atoms with Crippen LogP contribution in [0.3, 0.4) is 0 Å². The molecule has 2 heterocycles. The highest BCUT2D eigenvalue weighted by molar-refractivity contribution is 5.79. The summed E-state index contributed by atoms with van der Waals surface area (Å²) in [4.78, 5) is 51.9. The van der Waals surface area contributed by atoms with Crippen molar-refractivity contribution in [1.82, 2.24) is 19.4 Å². The van der Waals surface area contributed by atoms with Crippen molar-refractivity contribution in [2.75, 3.05) is 27.3 Å². The van der Waals surface area contributed by atoms with Crippen molar-refractivity contribution in [2.24, 2.45) is 0 Å². The van der Waals surface area contributed by atoms with Crippen LogP contribution in [0.1, 0.15) is 36.9 Å². The van der Waals surface area contributed by atoms with Gasteiger partial charge in [-0.15, -0.1) is 0 Å². The van der Waals surface area contributed by atoms with Gasteiger partial charge in [0, 0.05) is 26.6 Å². The van der Waals surface area contributed by atoms with E-state index in [9.17, 15) is 19.2 Å². The van der Waals surface area contributed by atoms with Gasteiger partial charge < -0.3 is 19.7 Å². The molecule has 1 saturated heterocycles. The zero-order chi connectivity index (χ0) is 25.8. The molecule has 2 amide bonds. The van der Waals surface area contributed by atoms with E-state index in [4.69, 9.17) is 9.47 Å². The molecule has 1 atom stereocenters. The Morgan fingerprint density at radius 3 is 2.53 bits per heavy atom. The van der Waals surface area contributed by atoms with Gasteiger partial charge in [0.25, 0.3) is 5.56 Å². The van der Waals surface area contributed by atoms with Crippen molar-refractivity contribution in [1.29, 1.82) is 0 Å². The first-order valence-corrected chi connectivity index (χ1v) is 11.8. The Morgan fingerprint density at radius 2 is 1.83 bits per heavy atom. The van der Waals surface area contributed by atoms with Crippen LogP contribution >= 0.6 is 0 Å². The lowest BCUT2D eigenvalue weighted by molar-refractivity contribution is -0.120. The van der Waals surface area contributed by atoms with Crippen LogP contribution in [0.15, 0.2) is 46.0 Å². The van der Waals surface area contributed by atoms with Crippen LogP contribution in [0.25, 0.3) is 10.9 Å². The number of hydrogen-bond donors (Lipinski definition) is 1. The first-order valence-electron chi connectivity index (χ1n) is 11.8. The Kier molecular flexibility index (Phi) is 7.42. The number of nitrogens with zero attached hydrogens (tertiary/aromatic N) is 3. The Hall–Kier alpha value is -4.08. The third-order valence-electron chi connectivity index (χ3n) is 6.51. The first kappa shape index (κ1) is 25.0. The molecule has 190 valence electrons. The molecule has 10 nitrogen and oxygen atoms in total. The number of nitrogens with one attached hydrogen (secondary N) is 1. The van der Waals surface area contributed by atoms with Crippen LogP contribution in [-0.2, 0) is 22.7 Å². The summed E-state index contributed by atoms with van der Waals surface area (Å²) in [6, 6.07) is 10.2. The maximum Gasteiger partial charge on any atom is 0.332 e. The van der Waals surface area contributed by atoms with E-state index in [-0.39, 0.29) is 25.0 Å². The number of rotatable bonds is 8. The fourth-order valence-corrected chi connectivity index (χ4v) is 4.71. The summed E-state index contributed by atoms with van der Waals surface area (Å²) in [5.74, 6) is 0.862. The minimum Gasteiger partial charge on any atom is -0.493 e. The molecule has 36 heavy (non-hydrogen) atoms. The number of piperidine rings is 1. The van der Waals surface area contributed by atoms with Crippen molar-refractivity contribution in [3.63, 3.8) is 0 Å². The molecule has 0 radical (unpaired) electrons. The van der Waals surface area contributed by atoms with E-state index in [1.807, 2.05) is 0 Å². The predicted octanol–water partition coefficient (Wildman–Crippen LogP) is 1.66. The largest absolute Gasteiger partial charge is 0.493 e. The Bertz CT molecular complexity index is 1410. The summed E-state index contributed by atoms with van der Waals surface area (Å²) >= 11 is 0. The highest BCUT2D eigenvalue weighted by atomic mass is 16.5. The van der Waals surface area contributed by atoms with Gasteiger partial charge in [0.1, 0.15) is 0 Å². The first-order chi connectivity index (χ1) is 17.4. The Labute approximate surface area is 208 Å². The number of likely N-dealkylation sites (tertiary alicyclic amines) is 1. The smallest absolute Gasteiger partial charge is 0.332 e. The van der Waals surface area contributed by atoms with Crippen molar-refractivity contribution < 1.29 is 19.1 Å². The van der Waals surface area contributed by atoms with E-state index in [1.165, 1.54) is 25.7 Å². The summed E-state index contributed by atoms with van der Waals surface area (Å²) in [6.07, 6.45) is 2.26. The van der Waals surface area contributed by atoms with E-state index >= 15 is 0 Å². The van der Waals surface area contributed by atoms with E-state index in [1.54, 1.807) is 45.9 Å². The van der Waals surface area contributed by atoms with Gasteiger partial charge in [-0.1, -0.05) is 12.1 Å². The lowest BCUT2D eigenvalue weighted by Crippen LogP contribution is -2.45. The van der Waals surface area contributed by atoms with Crippen LogP contribution < -0.4 is 26.0 Å². The Morgan fingerprint density at radius 1 is 1.08 bits per heavy atom. The van der Waals surface area contributed by atoms with Gasteiger partial charge in [-0.2, -0.15) is 0 Å². The van der Waals surface area contributed by atoms with E-state index in [0.29, 0.717) is 47.5 Å². The quantitative estimate of drug-likeness (QED) is 0.477. The minimum absolute atomic E-state index is 0.0357. The molecule has 4 rings (SSSR count). The topological polar surface area (TPSA) is 112 Å². The average molecular weight is 495 g/mol. The third-order valence-corrected chi connectivity index (χ3v) is 6.51. The van der Waals surface area contributed by atoms with Gasteiger partial charge in [0.15, 0.2) is 11.5 Å². The number of hydrogen-bond acceptors (Lipinski definition) is 6. The number of amides is 2. The average Bonchev–Trinajstić information content (AvgIpc) is 2.90. The monoisotopic (exact) mass is 494 g/mol. The van der Waals surface area contributed by atoms with Crippen LogP contribution in [0, 0.1) is 0 Å². The van der Waals surface area contributed by atoms with Gasteiger partial charge in [0.2, 0.25) is 12.3 Å². The normalized spacial score (nSPS) is 15.5. The number of carbonyl (C=O) groups is 2. The van der Waals surface area contributed by atoms with Gasteiger partial charge in [-0.25, -0.2) is 4.79 Å². The number of ether oxygens (including phenoxy) is 2. The molecule has 1 N–H and O–H groups in total. The van der Waals surface area contributed by atoms with Crippen molar-refractivity contribution >= 4 is 23.2 Å². The second-order valence-corrected chi connectivity index (χ2v) is 8.89. The zero-order valence-electron chi connectivity index (χ0n) is 20.7. The standard InChI is InChI=1S/C26H30N4O6/c1-17(32)27-13-18-6-8-22-21(11-18)25(33)29(14-19-7-9-23(35-2)24(12-19)36-3)26(34)30(22)20-5-4-10-28(15-20)16-31/h6-9,11-12,16,20H,4-5,10,13-15H2,1-3H3,(H,27,32). The summed E-state index contributed by atoms with van der Waals surface area (Å²) < 4.78 is 13.5. The van der Waals surface area contributed by atoms with Crippen molar-refractivity contribution in [3.05, 3.63) is 68.4 Å². The van der Waals surface area contributed by atoms with Crippen LogP contribution in [0.5, 0.6) is 11.5 Å². The third kappa shape index (κ3) is 4.98. The van der Waals surface area contributed by atoms with Crippen molar-refractivity contribution in [2.45, 2.75) is 38.9 Å². The Balaban J connectivity index is 1.88. The van der Waals surface area contributed by atoms with Gasteiger partial charge in [0.05, 0.1) is 37.7 Å². The molecule has 1 aliphatic heterocycles. The van der Waals surface area contributed by atoms with Gasteiger partial charge >= 0.3 is 5.69 Å². The fourth-order valence-electron chi connectivity index (χ4n) is 4.71. The minimum atomic E-state index is -0.436. The van der Waals surface area contributed by atoms with E-state index < -0.39 is 11.2 Å². The lowest BCUT2D eigenvalue weighted by Gasteiger charge is -2.32. The molecule has 1 aromatic heterocycles. The van der Waals surface area contributed by atoms with Crippen LogP contribution in [-0.4, -0.2) is 53.7 Å². The molecule has 3 aromatic rings. The van der Waals surface area contributed by atoms with Gasteiger partial charge in [-0.3, -0.25) is 23.5 Å². The summed E-state index contributed by atoms with van der Waals surface area (Å²) in [7, 11) is 3.06. The SMILES string of the molecule is COc1ccc(Cn2c(=O)c3cc(CNC(C)=O)ccc3n(C3CCCN(C=O)C3)c2=O)cc1OC. The summed E-state index contributed by atoms with van der Waals surface area (Å²) in [5, 5.41) is 3.12. The highest BCUT2D eigenvalue weighted by Gasteiger charge is 2.25. The molecule has 2 aromatic carbocycles. The van der Waals surface area contributed by atoms with Crippen molar-refractivity contribution in [3.8, 4) is 11.5 Å². The molecule has 0 spiro atoms. The second-order valence-electron chi connectivity index (χ2n) is 8.89. The fraction of sp³-hybridized carbons (Fsp3) is 0.385. The zero-order valence-corrected chi connectivity index (χ0v) is 20.7. The molecule has 1 aliphatic rings. The molecule has 1 fully saturated rings. The van der Waals surface area contributed by atoms with Gasteiger partial charge in [-0.05, 0) is 48.2 Å². The van der Waals surface area contributed by atoms with E-state index in [2.05, 4.69) is 5.32 Å². The summed E-state index contributed by atoms with van der Waals surface area (Å²) in [6.45, 7) is 2.76. The maximum atomic E-state index is 13.8. The number of aromatic nitrogens is 2. The number of carbonyl (C=O) groups excluding carboxylic acids is 2. The van der Waals surface area contributed by atoms with Crippen LogP contribution in [0.2, 0.25) is 0 Å². The molecule has 10 heteroatoms. The van der Waals surface area contributed by atoms with Crippen LogP contribution in [0.4, 0.5) is 0 Å². The molecular formula is C26H30N4O6. The number of benzene rings is 2. The molecule has 0 bridgehead atoms. The number of methoxy groups -OCH3 is 2. The predicted molar refractivity (Wildman–Crippen MR) is 135 cm³/mol. The molecular weight excluding hydrogens is 464 g/mol. The molecule has 1 unspecified atom stereocenters. The molecule has 0 aliphatic carbocycles. The maximum absolute atomic E-state index is 13.8. The molecule has 0 saturated carbocycles. The second kappa shape index (κ2) is 10.7. The number of fused-ring (bicyclic) bond motifs is 1. The summed E-state index contributed by atoms with van der Waals surface area (Å²) in [5.41, 5.74) is 1.10. The lowest BCUT2D eigenvalue weighted by atomic mass is 10.0.